The number of fused-ring (bicyclic) bond motifs is 1. The van der Waals surface area contributed by atoms with E-state index in [2.05, 4.69) is 41.1 Å². The van der Waals surface area contributed by atoms with E-state index < -0.39 is 30.4 Å². The molecule has 0 unspecified atom stereocenters. The summed E-state index contributed by atoms with van der Waals surface area (Å²) in [6.07, 6.45) is 1.79. The zero-order valence-corrected chi connectivity index (χ0v) is 21.9. The van der Waals surface area contributed by atoms with Crippen LogP contribution in [-0.2, 0) is 9.53 Å². The molecule has 0 radical (unpaired) electrons. The third kappa shape index (κ3) is 7.56. The van der Waals surface area contributed by atoms with E-state index in [9.17, 15) is 15.0 Å². The molecule has 0 aromatic carbocycles. The summed E-state index contributed by atoms with van der Waals surface area (Å²) in [5, 5.41) is 34.2. The average molecular weight is 535 g/mol. The third-order valence-corrected chi connectivity index (χ3v) is 7.03. The second-order valence-corrected chi connectivity index (χ2v) is 9.81. The topological polar surface area (TPSA) is 188 Å². The van der Waals surface area contributed by atoms with Crippen molar-refractivity contribution in [3.8, 4) is 0 Å². The molecule has 14 nitrogen and oxygen atoms in total. The van der Waals surface area contributed by atoms with Gasteiger partial charge in [-0.1, -0.05) is 12.8 Å². The number of aromatic nitrogens is 4. The molecule has 2 aromatic rings. The first kappa shape index (κ1) is 28.5. The minimum absolute atomic E-state index is 0.196. The van der Waals surface area contributed by atoms with E-state index in [1.165, 1.54) is 17.2 Å². The van der Waals surface area contributed by atoms with Crippen LogP contribution in [0.4, 0.5) is 5.82 Å². The van der Waals surface area contributed by atoms with E-state index in [1.807, 2.05) is 0 Å². The number of hydrogen-bond acceptors (Lipinski definition) is 12. The number of nitrogens with one attached hydrogen (secondary N) is 4. The first-order chi connectivity index (χ1) is 18.6. The molecule has 38 heavy (non-hydrogen) atoms. The molecule has 0 saturated carbocycles. The van der Waals surface area contributed by atoms with Gasteiger partial charge in [0.1, 0.15) is 24.1 Å². The van der Waals surface area contributed by atoms with E-state index in [0.29, 0.717) is 17.7 Å². The highest BCUT2D eigenvalue weighted by Crippen LogP contribution is 2.32. The lowest BCUT2D eigenvalue weighted by Crippen LogP contribution is -2.43. The summed E-state index contributed by atoms with van der Waals surface area (Å²) in [6, 6.07) is 0. The Bertz CT molecular complexity index is 996. The highest BCUT2D eigenvalue weighted by molar-refractivity contribution is 5.82. The van der Waals surface area contributed by atoms with Gasteiger partial charge in [-0.05, 0) is 19.4 Å². The predicted octanol–water partition coefficient (Wildman–Crippen LogP) is -2.21. The van der Waals surface area contributed by atoms with Crippen LogP contribution >= 0.6 is 0 Å². The van der Waals surface area contributed by atoms with Gasteiger partial charge in [0.15, 0.2) is 23.8 Å². The molecule has 2 aliphatic heterocycles. The number of rotatable bonds is 9. The van der Waals surface area contributed by atoms with Crippen molar-refractivity contribution in [2.75, 3.05) is 71.2 Å². The van der Waals surface area contributed by atoms with Crippen LogP contribution in [0, 0.1) is 0 Å². The standard InChI is InChI=1S/C24H42N10O4/c25-21-17-22(31-15-30-21)34(16-32-17)24-19(36)18(35)20(38-24)23(37)29-5-3-1-2-4-12-33-13-10-27-8-6-26-7-9-28-11-14-33/h15-16,18-20,24,26-28,35-36H,1-14H2,(H,29,37)(H2,25,30,31)/t18-,19+,20-,24+/m0/s1. The third-order valence-electron chi connectivity index (χ3n) is 7.03. The molecule has 8 N–H and O–H groups in total. The van der Waals surface area contributed by atoms with Gasteiger partial charge in [-0.25, -0.2) is 15.0 Å². The zero-order chi connectivity index (χ0) is 26.7. The number of unbranched alkanes of at least 4 members (excludes halogenated alkanes) is 3. The van der Waals surface area contributed by atoms with Gasteiger partial charge in [-0.2, -0.15) is 0 Å². The smallest absolute Gasteiger partial charge is 0.252 e. The van der Waals surface area contributed by atoms with Crippen LogP contribution < -0.4 is 27.0 Å². The number of imidazole rings is 1. The molecular weight excluding hydrogens is 492 g/mol. The molecule has 2 aromatic heterocycles. The number of carbonyl (C=O) groups excluding carboxylic acids is 1. The summed E-state index contributed by atoms with van der Waals surface area (Å²) in [5.41, 5.74) is 6.54. The number of nitrogens with zero attached hydrogens (tertiary/aromatic N) is 5. The largest absolute Gasteiger partial charge is 0.387 e. The monoisotopic (exact) mass is 534 g/mol. The molecule has 2 saturated heterocycles. The number of aliphatic hydroxyl groups excluding tert-OH is 2. The quantitative estimate of drug-likeness (QED) is 0.172. The van der Waals surface area contributed by atoms with Crippen molar-refractivity contribution in [3.05, 3.63) is 12.7 Å². The van der Waals surface area contributed by atoms with Crippen molar-refractivity contribution < 1.29 is 19.7 Å². The average Bonchev–Trinajstić information content (AvgIpc) is 3.46. The number of anilines is 1. The van der Waals surface area contributed by atoms with Crippen LogP contribution in [0.5, 0.6) is 0 Å². The van der Waals surface area contributed by atoms with Crippen molar-refractivity contribution in [1.82, 2.24) is 45.7 Å². The van der Waals surface area contributed by atoms with Gasteiger partial charge in [0.05, 0.1) is 6.33 Å². The highest BCUT2D eigenvalue weighted by atomic mass is 16.6. The Hall–Kier alpha value is -2.46. The molecule has 4 heterocycles. The fourth-order valence-corrected chi connectivity index (χ4v) is 4.83. The van der Waals surface area contributed by atoms with Crippen LogP contribution in [-0.4, -0.2) is 124 Å². The maximum atomic E-state index is 12.7. The minimum Gasteiger partial charge on any atom is -0.387 e. The second kappa shape index (κ2) is 14.6. The Morgan fingerprint density at radius 2 is 1.66 bits per heavy atom. The fraction of sp³-hybridized carbons (Fsp3) is 0.750. The van der Waals surface area contributed by atoms with Crippen molar-refractivity contribution >= 4 is 22.9 Å². The predicted molar refractivity (Wildman–Crippen MR) is 142 cm³/mol. The molecule has 212 valence electrons. The number of hydrogen-bond donors (Lipinski definition) is 7. The van der Waals surface area contributed by atoms with Crippen molar-refractivity contribution in [3.63, 3.8) is 0 Å². The van der Waals surface area contributed by atoms with Gasteiger partial charge in [0.25, 0.3) is 5.91 Å². The Morgan fingerprint density at radius 3 is 2.39 bits per heavy atom. The van der Waals surface area contributed by atoms with E-state index in [0.717, 1.165) is 84.6 Å². The SMILES string of the molecule is Nc1ncnc2c1ncn2[C@@H]1O[C@H](C(=O)NCCCCCCN2CCNCCNCCNCC2)[C@@H](O)[C@H]1O. The summed E-state index contributed by atoms with van der Waals surface area (Å²) in [5.74, 6) is -0.256. The lowest BCUT2D eigenvalue weighted by Gasteiger charge is -2.23. The Morgan fingerprint density at radius 1 is 0.974 bits per heavy atom. The Kier molecular flexibility index (Phi) is 11.0. The fourth-order valence-electron chi connectivity index (χ4n) is 4.83. The van der Waals surface area contributed by atoms with E-state index in [-0.39, 0.29) is 5.82 Å². The van der Waals surface area contributed by atoms with Crippen LogP contribution in [0.3, 0.4) is 0 Å². The first-order valence-electron chi connectivity index (χ1n) is 13.6. The van der Waals surface area contributed by atoms with Gasteiger partial charge in [-0.3, -0.25) is 9.36 Å². The number of nitrogen functional groups attached to an aromatic ring is 1. The summed E-state index contributed by atoms with van der Waals surface area (Å²) in [6.45, 7) is 9.61. The van der Waals surface area contributed by atoms with Crippen molar-refractivity contribution in [2.24, 2.45) is 0 Å². The maximum absolute atomic E-state index is 12.7. The molecule has 2 fully saturated rings. The summed E-state index contributed by atoms with van der Waals surface area (Å²) < 4.78 is 7.20. The minimum atomic E-state index is -1.38. The van der Waals surface area contributed by atoms with E-state index in [1.54, 1.807) is 0 Å². The molecule has 14 heteroatoms. The summed E-state index contributed by atoms with van der Waals surface area (Å²) in [4.78, 5) is 27.4. The molecule has 0 spiro atoms. The molecule has 2 aliphatic rings. The van der Waals surface area contributed by atoms with Crippen LogP contribution in [0.25, 0.3) is 11.2 Å². The molecular formula is C24H42N10O4. The second-order valence-electron chi connectivity index (χ2n) is 9.81. The van der Waals surface area contributed by atoms with Crippen LogP contribution in [0.15, 0.2) is 12.7 Å². The van der Waals surface area contributed by atoms with E-state index >= 15 is 0 Å². The van der Waals surface area contributed by atoms with Crippen molar-refractivity contribution in [1.29, 1.82) is 0 Å². The number of nitrogens with two attached hydrogens (primary N) is 1. The normalized spacial score (nSPS) is 26.2. The van der Waals surface area contributed by atoms with E-state index in [4.69, 9.17) is 10.5 Å². The Balaban J connectivity index is 1.14. The molecule has 0 bridgehead atoms. The van der Waals surface area contributed by atoms with Crippen LogP contribution in [0.2, 0.25) is 0 Å². The Labute approximate surface area is 222 Å². The van der Waals surface area contributed by atoms with Crippen molar-refractivity contribution in [2.45, 2.75) is 50.2 Å². The number of aliphatic hydroxyl groups is 2. The highest BCUT2D eigenvalue weighted by Gasteiger charge is 2.47. The van der Waals surface area contributed by atoms with Gasteiger partial charge in [0, 0.05) is 58.9 Å². The molecule has 0 aliphatic carbocycles. The van der Waals surface area contributed by atoms with Gasteiger partial charge in [0.2, 0.25) is 0 Å². The van der Waals surface area contributed by atoms with Gasteiger partial charge >= 0.3 is 0 Å². The molecule has 4 rings (SSSR count). The van der Waals surface area contributed by atoms with Gasteiger partial charge < -0.3 is 46.9 Å². The maximum Gasteiger partial charge on any atom is 0.252 e. The first-order valence-corrected chi connectivity index (χ1v) is 13.6. The summed E-state index contributed by atoms with van der Waals surface area (Å²) in [7, 11) is 0. The lowest BCUT2D eigenvalue weighted by atomic mass is 10.1. The summed E-state index contributed by atoms with van der Waals surface area (Å²) >= 11 is 0. The van der Waals surface area contributed by atoms with Crippen LogP contribution in [0.1, 0.15) is 31.9 Å². The molecule has 4 atom stereocenters. The molecule has 1 amide bonds. The zero-order valence-electron chi connectivity index (χ0n) is 21.9. The number of ether oxygens (including phenoxy) is 1. The lowest BCUT2D eigenvalue weighted by molar-refractivity contribution is -0.137. The number of amides is 1. The van der Waals surface area contributed by atoms with Gasteiger partial charge in [-0.15, -0.1) is 0 Å². The number of carbonyl (C=O) groups is 1.